The molecule has 0 aliphatic rings. The number of hydrogen-bond acceptors (Lipinski definition) is 7. The number of nitrogens with zero attached hydrogens (tertiary/aromatic N) is 5. The number of aromatic nitrogens is 5. The van der Waals surface area contributed by atoms with E-state index in [4.69, 9.17) is 8.83 Å². The summed E-state index contributed by atoms with van der Waals surface area (Å²) >= 11 is 1.43. The fraction of sp³-hybridized carbons (Fsp3) is 0.158. The van der Waals surface area contributed by atoms with Crippen molar-refractivity contribution in [2.45, 2.75) is 24.4 Å². The summed E-state index contributed by atoms with van der Waals surface area (Å²) in [5, 5.41) is 17.3. The fourth-order valence-corrected chi connectivity index (χ4v) is 3.44. The first-order chi connectivity index (χ1) is 13.7. The topological polar surface area (TPSA) is 82.8 Å². The third-order valence-corrected chi connectivity index (χ3v) is 4.96. The highest BCUT2D eigenvalue weighted by Gasteiger charge is 2.18. The Labute approximate surface area is 164 Å². The van der Waals surface area contributed by atoms with E-state index < -0.39 is 0 Å². The number of furan rings is 1. The zero-order valence-corrected chi connectivity index (χ0v) is 15.8. The normalized spacial score (nSPS) is 11.1. The fourth-order valence-electron chi connectivity index (χ4n) is 2.65. The number of halogens is 1. The molecule has 0 N–H and O–H groups in total. The van der Waals surface area contributed by atoms with E-state index in [0.717, 1.165) is 11.3 Å². The summed E-state index contributed by atoms with van der Waals surface area (Å²) < 4.78 is 26.0. The lowest BCUT2D eigenvalue weighted by Gasteiger charge is -2.06. The van der Waals surface area contributed by atoms with Gasteiger partial charge in [-0.2, -0.15) is 0 Å². The molecule has 0 aliphatic heterocycles. The van der Waals surface area contributed by atoms with Crippen molar-refractivity contribution in [3.8, 4) is 22.8 Å². The van der Waals surface area contributed by atoms with E-state index in [1.165, 1.54) is 23.9 Å². The molecule has 0 fully saturated rings. The van der Waals surface area contributed by atoms with Crippen molar-refractivity contribution < 1.29 is 13.2 Å². The van der Waals surface area contributed by atoms with Crippen molar-refractivity contribution in [1.29, 1.82) is 0 Å². The van der Waals surface area contributed by atoms with Crippen molar-refractivity contribution in [3.05, 3.63) is 66.7 Å². The van der Waals surface area contributed by atoms with Crippen molar-refractivity contribution >= 4 is 11.8 Å². The van der Waals surface area contributed by atoms with E-state index in [1.807, 2.05) is 17.6 Å². The van der Waals surface area contributed by atoms with Gasteiger partial charge in [-0.25, -0.2) is 4.39 Å². The molecule has 0 saturated carbocycles. The van der Waals surface area contributed by atoms with Crippen LogP contribution in [0.2, 0.25) is 0 Å². The van der Waals surface area contributed by atoms with Crippen LogP contribution < -0.4 is 0 Å². The molecular weight excluding hydrogens is 381 g/mol. The van der Waals surface area contributed by atoms with Gasteiger partial charge in [-0.3, -0.25) is 4.57 Å². The summed E-state index contributed by atoms with van der Waals surface area (Å²) in [6, 6.07) is 7.76. The summed E-state index contributed by atoms with van der Waals surface area (Å²) in [7, 11) is 0. The Bertz CT molecular complexity index is 1100. The molecule has 0 spiro atoms. The van der Waals surface area contributed by atoms with Crippen LogP contribution in [0.3, 0.4) is 0 Å². The van der Waals surface area contributed by atoms with Gasteiger partial charge in [0.15, 0.2) is 11.0 Å². The van der Waals surface area contributed by atoms with Crippen LogP contribution in [0.5, 0.6) is 0 Å². The van der Waals surface area contributed by atoms with Crippen LogP contribution in [0.15, 0.2) is 63.2 Å². The Morgan fingerprint density at radius 1 is 1.14 bits per heavy atom. The van der Waals surface area contributed by atoms with Crippen LogP contribution in [0.1, 0.15) is 11.7 Å². The van der Waals surface area contributed by atoms with Crippen LogP contribution in [0.25, 0.3) is 22.8 Å². The first-order valence-electron chi connectivity index (χ1n) is 8.45. The van der Waals surface area contributed by atoms with E-state index in [0.29, 0.717) is 40.6 Å². The molecular formula is C19H16FN5O2S. The van der Waals surface area contributed by atoms with Crippen LogP contribution in [-0.2, 0) is 12.3 Å². The summed E-state index contributed by atoms with van der Waals surface area (Å²) in [4.78, 5) is 0. The molecule has 28 heavy (non-hydrogen) atoms. The van der Waals surface area contributed by atoms with E-state index in [-0.39, 0.29) is 5.82 Å². The first-order valence-corrected chi connectivity index (χ1v) is 9.44. The van der Waals surface area contributed by atoms with Gasteiger partial charge in [0.2, 0.25) is 11.8 Å². The molecule has 0 atom stereocenters. The van der Waals surface area contributed by atoms with Gasteiger partial charge >= 0.3 is 0 Å². The van der Waals surface area contributed by atoms with Crippen LogP contribution in [0, 0.1) is 12.7 Å². The summed E-state index contributed by atoms with van der Waals surface area (Å²) in [5.41, 5.74) is 1.55. The monoisotopic (exact) mass is 397 g/mol. The Morgan fingerprint density at radius 2 is 1.96 bits per heavy atom. The third kappa shape index (κ3) is 3.61. The molecule has 0 bridgehead atoms. The average molecular weight is 397 g/mol. The van der Waals surface area contributed by atoms with Gasteiger partial charge in [0.05, 0.1) is 17.6 Å². The van der Waals surface area contributed by atoms with Crippen molar-refractivity contribution in [1.82, 2.24) is 25.0 Å². The van der Waals surface area contributed by atoms with Gasteiger partial charge in [-0.15, -0.1) is 27.0 Å². The number of benzene rings is 1. The molecule has 0 radical (unpaired) electrons. The molecule has 3 aromatic heterocycles. The maximum Gasteiger partial charge on any atom is 0.247 e. The lowest BCUT2D eigenvalue weighted by molar-refractivity contribution is 0.528. The van der Waals surface area contributed by atoms with Gasteiger partial charge < -0.3 is 8.83 Å². The lowest BCUT2D eigenvalue weighted by Crippen LogP contribution is -2.00. The van der Waals surface area contributed by atoms with Gasteiger partial charge in [-0.05, 0) is 37.3 Å². The van der Waals surface area contributed by atoms with E-state index in [9.17, 15) is 4.39 Å². The number of hydrogen-bond donors (Lipinski definition) is 0. The third-order valence-electron chi connectivity index (χ3n) is 4.01. The minimum absolute atomic E-state index is 0.315. The van der Waals surface area contributed by atoms with Gasteiger partial charge in [-0.1, -0.05) is 17.8 Å². The zero-order chi connectivity index (χ0) is 19.5. The van der Waals surface area contributed by atoms with Crippen molar-refractivity contribution in [2.75, 3.05) is 0 Å². The largest absolute Gasteiger partial charge is 0.469 e. The van der Waals surface area contributed by atoms with Gasteiger partial charge in [0.1, 0.15) is 11.6 Å². The predicted molar refractivity (Wildman–Crippen MR) is 102 cm³/mol. The van der Waals surface area contributed by atoms with Crippen LogP contribution in [0.4, 0.5) is 4.39 Å². The maximum absolute atomic E-state index is 13.0. The number of aryl methyl sites for hydroxylation is 1. The second-order valence-corrected chi connectivity index (χ2v) is 6.83. The summed E-state index contributed by atoms with van der Waals surface area (Å²) in [6.45, 7) is 6.24. The molecule has 0 unspecified atom stereocenters. The molecule has 9 heteroatoms. The predicted octanol–water partition coefficient (Wildman–Crippen LogP) is 4.51. The van der Waals surface area contributed by atoms with Crippen LogP contribution in [-0.4, -0.2) is 25.0 Å². The van der Waals surface area contributed by atoms with Crippen LogP contribution >= 0.6 is 11.8 Å². The van der Waals surface area contributed by atoms with Crippen molar-refractivity contribution in [2.24, 2.45) is 0 Å². The standard InChI is InChI=1S/C19H16FN5O2S/c1-3-9-25-17(15-8-10-26-12(15)2)22-24-19(25)28-11-16-21-23-18(27-16)13-4-6-14(20)7-5-13/h3-8,10H,1,9,11H2,2H3. The van der Waals surface area contributed by atoms with Crippen molar-refractivity contribution in [3.63, 3.8) is 0 Å². The SMILES string of the molecule is C=CCn1c(SCc2nnc(-c3ccc(F)cc3)o2)nnc1-c1ccoc1C. The summed E-state index contributed by atoms with van der Waals surface area (Å²) in [5.74, 6) is 2.38. The summed E-state index contributed by atoms with van der Waals surface area (Å²) in [6.07, 6.45) is 3.41. The highest BCUT2D eigenvalue weighted by molar-refractivity contribution is 7.98. The smallest absolute Gasteiger partial charge is 0.247 e. The molecule has 7 nitrogen and oxygen atoms in total. The zero-order valence-electron chi connectivity index (χ0n) is 15.0. The van der Waals surface area contributed by atoms with Gasteiger partial charge in [0.25, 0.3) is 0 Å². The number of thioether (sulfide) groups is 1. The average Bonchev–Trinajstić information content (AvgIpc) is 3.41. The highest BCUT2D eigenvalue weighted by atomic mass is 32.2. The second-order valence-electron chi connectivity index (χ2n) is 5.89. The molecule has 1 aromatic carbocycles. The molecule has 3 heterocycles. The highest BCUT2D eigenvalue weighted by Crippen LogP contribution is 2.29. The molecule has 0 amide bonds. The van der Waals surface area contributed by atoms with Gasteiger partial charge in [0, 0.05) is 12.1 Å². The maximum atomic E-state index is 13.0. The Balaban J connectivity index is 1.52. The molecule has 4 rings (SSSR count). The Morgan fingerprint density at radius 3 is 2.68 bits per heavy atom. The second kappa shape index (κ2) is 7.81. The quantitative estimate of drug-likeness (QED) is 0.335. The first kappa shape index (κ1) is 18.2. The molecule has 0 saturated heterocycles. The molecule has 142 valence electrons. The minimum Gasteiger partial charge on any atom is -0.469 e. The minimum atomic E-state index is -0.315. The molecule has 0 aliphatic carbocycles. The lowest BCUT2D eigenvalue weighted by atomic mass is 10.2. The van der Waals surface area contributed by atoms with E-state index in [2.05, 4.69) is 27.0 Å². The number of rotatable bonds is 7. The van der Waals surface area contributed by atoms with E-state index in [1.54, 1.807) is 24.5 Å². The molecule has 4 aromatic rings. The number of allylic oxidation sites excluding steroid dienone is 1. The Kier molecular flexibility index (Phi) is 5.07. The van der Waals surface area contributed by atoms with E-state index >= 15 is 0 Å². The Hall–Kier alpha value is -3.20.